The van der Waals surface area contributed by atoms with E-state index >= 15 is 0 Å². The van der Waals surface area contributed by atoms with Gasteiger partial charge in [0.05, 0.1) is 35.5 Å². The van der Waals surface area contributed by atoms with Gasteiger partial charge in [0.2, 0.25) is 5.75 Å². The van der Waals surface area contributed by atoms with E-state index in [4.69, 9.17) is 23.7 Å². The van der Waals surface area contributed by atoms with Crippen LogP contribution in [-0.2, 0) is 4.79 Å². The van der Waals surface area contributed by atoms with Gasteiger partial charge in [-0.15, -0.1) is 0 Å². The quantitative estimate of drug-likeness (QED) is 0.409. The molecule has 0 N–H and O–H groups in total. The van der Waals surface area contributed by atoms with Crippen LogP contribution in [-0.4, -0.2) is 41.8 Å². The van der Waals surface area contributed by atoms with Crippen molar-refractivity contribution in [3.05, 3.63) is 41.5 Å². The first kappa shape index (κ1) is 19.2. The molecule has 2 rings (SSSR count). The number of hydrogen-bond acceptors (Lipinski definition) is 6. The number of hydrogen-bond donors (Lipinski definition) is 0. The summed E-state index contributed by atoms with van der Waals surface area (Å²) in [5.41, 5.74) is 1.80. The number of aldehydes is 1. The summed E-state index contributed by atoms with van der Waals surface area (Å²) in [7, 11) is 7.70. The molecule has 0 saturated carbocycles. The Labute approximate surface area is 152 Å². The van der Waals surface area contributed by atoms with Crippen LogP contribution in [0.25, 0.3) is 11.6 Å². The van der Waals surface area contributed by atoms with Gasteiger partial charge in [0.1, 0.15) is 0 Å². The summed E-state index contributed by atoms with van der Waals surface area (Å²) < 4.78 is 26.7. The molecule has 2 aromatic carbocycles. The Balaban J connectivity index is 2.58. The summed E-state index contributed by atoms with van der Waals surface area (Å²) in [5, 5.41) is 0. The molecule has 0 saturated heterocycles. The largest absolute Gasteiger partial charge is 0.493 e. The van der Waals surface area contributed by atoms with E-state index in [0.29, 0.717) is 39.9 Å². The number of allylic oxidation sites excluding steroid dienone is 1. The molecule has 0 radical (unpaired) electrons. The van der Waals surface area contributed by atoms with Crippen LogP contribution < -0.4 is 23.7 Å². The first-order valence-corrected chi connectivity index (χ1v) is 7.81. The third-order valence-corrected chi connectivity index (χ3v) is 3.87. The van der Waals surface area contributed by atoms with Crippen molar-refractivity contribution in [1.82, 2.24) is 0 Å². The molecule has 0 aliphatic rings. The summed E-state index contributed by atoms with van der Waals surface area (Å²) in [6, 6.07) is 8.87. The van der Waals surface area contributed by atoms with E-state index in [1.165, 1.54) is 21.3 Å². The normalized spacial score (nSPS) is 10.9. The zero-order chi connectivity index (χ0) is 19.1. The molecule has 0 unspecified atom stereocenters. The number of carbonyl (C=O) groups is 1. The highest BCUT2D eigenvalue weighted by Crippen LogP contribution is 2.42. The van der Waals surface area contributed by atoms with Crippen LogP contribution in [0.15, 0.2) is 30.3 Å². The second-order valence-electron chi connectivity index (χ2n) is 5.21. The highest BCUT2D eigenvalue weighted by Gasteiger charge is 2.18. The molecule has 6 heteroatoms. The van der Waals surface area contributed by atoms with Gasteiger partial charge < -0.3 is 23.7 Å². The van der Waals surface area contributed by atoms with Crippen molar-refractivity contribution in [2.75, 3.05) is 35.5 Å². The molecular formula is C20H22O6. The zero-order valence-corrected chi connectivity index (χ0v) is 15.5. The van der Waals surface area contributed by atoms with Crippen molar-refractivity contribution in [3.63, 3.8) is 0 Å². The Morgan fingerprint density at radius 2 is 1.35 bits per heavy atom. The number of rotatable bonds is 8. The fourth-order valence-electron chi connectivity index (χ4n) is 2.63. The van der Waals surface area contributed by atoms with E-state index in [1.54, 1.807) is 44.6 Å². The van der Waals surface area contributed by atoms with Gasteiger partial charge in [0, 0.05) is 11.1 Å². The van der Waals surface area contributed by atoms with Crippen molar-refractivity contribution in [3.8, 4) is 28.7 Å². The first-order chi connectivity index (χ1) is 12.6. The monoisotopic (exact) mass is 358 g/mol. The molecule has 2 aromatic rings. The molecule has 0 fully saturated rings. The number of methoxy groups -OCH3 is 5. The van der Waals surface area contributed by atoms with Crippen molar-refractivity contribution in [1.29, 1.82) is 0 Å². The molecule has 0 aromatic heterocycles. The zero-order valence-electron chi connectivity index (χ0n) is 15.5. The molecule has 0 spiro atoms. The number of carbonyl (C=O) groups excluding carboxylic acids is 1. The van der Waals surface area contributed by atoms with Crippen LogP contribution >= 0.6 is 0 Å². The highest BCUT2D eigenvalue weighted by molar-refractivity contribution is 6.14. The fourth-order valence-corrected chi connectivity index (χ4v) is 2.63. The lowest BCUT2D eigenvalue weighted by Crippen LogP contribution is -1.99. The minimum Gasteiger partial charge on any atom is -0.493 e. The molecule has 6 nitrogen and oxygen atoms in total. The van der Waals surface area contributed by atoms with Crippen LogP contribution in [0.1, 0.15) is 11.1 Å². The number of ether oxygens (including phenoxy) is 5. The predicted octanol–water partition coefficient (Wildman–Crippen LogP) is 3.47. The lowest BCUT2D eigenvalue weighted by atomic mass is 10.0. The van der Waals surface area contributed by atoms with Crippen LogP contribution in [0.5, 0.6) is 28.7 Å². The van der Waals surface area contributed by atoms with Crippen LogP contribution in [0.2, 0.25) is 0 Å². The molecular weight excluding hydrogens is 336 g/mol. The second-order valence-corrected chi connectivity index (χ2v) is 5.21. The predicted molar refractivity (Wildman–Crippen MR) is 99.6 cm³/mol. The maximum atomic E-state index is 11.8. The first-order valence-electron chi connectivity index (χ1n) is 7.81. The van der Waals surface area contributed by atoms with Crippen molar-refractivity contribution in [2.45, 2.75) is 0 Å². The molecule has 0 atom stereocenters. The van der Waals surface area contributed by atoms with Gasteiger partial charge >= 0.3 is 0 Å². The SMILES string of the molecule is COc1ccc(/C=C(/C=O)c2ccc(OC)c(OC)c2OC)cc1OC. The van der Waals surface area contributed by atoms with E-state index < -0.39 is 0 Å². The van der Waals surface area contributed by atoms with E-state index in [0.717, 1.165) is 11.8 Å². The van der Waals surface area contributed by atoms with Crippen LogP contribution in [0.3, 0.4) is 0 Å². The van der Waals surface area contributed by atoms with E-state index in [-0.39, 0.29) is 0 Å². The van der Waals surface area contributed by atoms with Gasteiger partial charge in [-0.25, -0.2) is 0 Å². The second kappa shape index (κ2) is 8.80. The average molecular weight is 358 g/mol. The van der Waals surface area contributed by atoms with Gasteiger partial charge in [0.15, 0.2) is 29.3 Å². The third kappa shape index (κ3) is 3.74. The number of benzene rings is 2. The molecule has 0 amide bonds. The third-order valence-electron chi connectivity index (χ3n) is 3.87. The van der Waals surface area contributed by atoms with Crippen LogP contribution in [0, 0.1) is 0 Å². The standard InChI is InChI=1S/C20H22O6/c1-22-16-8-6-13(11-18(16)24-3)10-14(12-21)15-7-9-17(23-2)20(26-5)19(15)25-4/h6-12H,1-5H3/b14-10-. The molecule has 138 valence electrons. The molecule has 0 bridgehead atoms. The smallest absolute Gasteiger partial charge is 0.203 e. The van der Waals surface area contributed by atoms with Crippen molar-refractivity contribution < 1.29 is 28.5 Å². The Morgan fingerprint density at radius 1 is 0.731 bits per heavy atom. The summed E-state index contributed by atoms with van der Waals surface area (Å²) in [6.07, 6.45) is 2.50. The van der Waals surface area contributed by atoms with E-state index in [9.17, 15) is 4.79 Å². The Kier molecular flexibility index (Phi) is 6.49. The summed E-state index contributed by atoms with van der Waals surface area (Å²) in [6.45, 7) is 0. The molecule has 0 aliphatic heterocycles. The summed E-state index contributed by atoms with van der Waals surface area (Å²) in [5.74, 6) is 2.55. The van der Waals surface area contributed by atoms with Crippen LogP contribution in [0.4, 0.5) is 0 Å². The van der Waals surface area contributed by atoms with Gasteiger partial charge in [-0.1, -0.05) is 6.07 Å². The minimum atomic E-state index is 0.422. The van der Waals surface area contributed by atoms with Gasteiger partial charge in [0.25, 0.3) is 0 Å². The lowest BCUT2D eigenvalue weighted by Gasteiger charge is -2.16. The Hall–Kier alpha value is -3.15. The fraction of sp³-hybridized carbons (Fsp3) is 0.250. The molecule has 0 heterocycles. The highest BCUT2D eigenvalue weighted by atomic mass is 16.5. The maximum absolute atomic E-state index is 11.8. The van der Waals surface area contributed by atoms with E-state index in [2.05, 4.69) is 0 Å². The topological polar surface area (TPSA) is 63.2 Å². The van der Waals surface area contributed by atoms with Crippen molar-refractivity contribution in [2.24, 2.45) is 0 Å². The summed E-state index contributed by atoms with van der Waals surface area (Å²) in [4.78, 5) is 11.8. The maximum Gasteiger partial charge on any atom is 0.203 e. The molecule has 26 heavy (non-hydrogen) atoms. The van der Waals surface area contributed by atoms with Gasteiger partial charge in [-0.3, -0.25) is 4.79 Å². The Bertz CT molecular complexity index is 810. The van der Waals surface area contributed by atoms with Crippen molar-refractivity contribution >= 4 is 17.9 Å². The van der Waals surface area contributed by atoms with E-state index in [1.807, 2.05) is 6.07 Å². The minimum absolute atomic E-state index is 0.422. The molecule has 0 aliphatic carbocycles. The average Bonchev–Trinajstić information content (AvgIpc) is 2.70. The Morgan fingerprint density at radius 3 is 1.88 bits per heavy atom. The summed E-state index contributed by atoms with van der Waals surface area (Å²) >= 11 is 0. The van der Waals surface area contributed by atoms with Gasteiger partial charge in [-0.2, -0.15) is 0 Å². The lowest BCUT2D eigenvalue weighted by molar-refractivity contribution is -0.103. The van der Waals surface area contributed by atoms with Gasteiger partial charge in [-0.05, 0) is 35.9 Å².